The number of benzene rings is 2. The Labute approximate surface area is 166 Å². The minimum atomic E-state index is -0.234. The van der Waals surface area contributed by atoms with E-state index in [9.17, 15) is 5.11 Å². The lowest BCUT2D eigenvalue weighted by Crippen LogP contribution is -2.16. The van der Waals surface area contributed by atoms with Crippen LogP contribution in [0.25, 0.3) is 0 Å². The number of ether oxygens (including phenoxy) is 3. The molecule has 27 heavy (non-hydrogen) atoms. The van der Waals surface area contributed by atoms with Gasteiger partial charge in [0.1, 0.15) is 11.5 Å². The first-order chi connectivity index (χ1) is 13.0. The second-order valence-corrected chi connectivity index (χ2v) is 7.25. The zero-order valence-corrected chi connectivity index (χ0v) is 16.9. The van der Waals surface area contributed by atoms with Crippen LogP contribution in [0.5, 0.6) is 11.5 Å². The number of halogens is 1. The zero-order valence-electron chi connectivity index (χ0n) is 16.1. The molecule has 0 amide bonds. The summed E-state index contributed by atoms with van der Waals surface area (Å²) in [5, 5.41) is 10.1. The molecule has 2 aromatic rings. The van der Waals surface area contributed by atoms with Crippen LogP contribution in [-0.4, -0.2) is 31.0 Å². The van der Waals surface area contributed by atoms with Crippen molar-refractivity contribution in [1.82, 2.24) is 0 Å². The van der Waals surface area contributed by atoms with Gasteiger partial charge in [0.2, 0.25) is 0 Å². The largest absolute Gasteiger partial charge is 0.494 e. The number of hydrogen-bond donors (Lipinski definition) is 1. The van der Waals surface area contributed by atoms with Crippen molar-refractivity contribution in [1.29, 1.82) is 0 Å². The maximum Gasteiger partial charge on any atom is 0.129 e. The molecule has 0 bridgehead atoms. The SMILES string of the molecule is CCOc1ccc(Cc2cc(C(C)OC(C)CO)c3c(c2Cl)CCO3)cc1. The third-order valence-corrected chi connectivity index (χ3v) is 5.24. The Morgan fingerprint density at radius 2 is 1.96 bits per heavy atom. The van der Waals surface area contributed by atoms with Crippen molar-refractivity contribution < 1.29 is 19.3 Å². The molecule has 3 rings (SSSR count). The lowest BCUT2D eigenvalue weighted by Gasteiger charge is -2.22. The van der Waals surface area contributed by atoms with E-state index in [1.165, 1.54) is 5.56 Å². The first-order valence-electron chi connectivity index (χ1n) is 9.48. The van der Waals surface area contributed by atoms with Crippen LogP contribution in [0.4, 0.5) is 0 Å². The van der Waals surface area contributed by atoms with E-state index in [1.807, 2.05) is 32.9 Å². The highest BCUT2D eigenvalue weighted by Gasteiger charge is 2.26. The number of fused-ring (bicyclic) bond motifs is 1. The summed E-state index contributed by atoms with van der Waals surface area (Å²) in [4.78, 5) is 0. The van der Waals surface area contributed by atoms with Crippen LogP contribution in [0.3, 0.4) is 0 Å². The van der Waals surface area contributed by atoms with Crippen molar-refractivity contribution in [2.45, 2.75) is 45.8 Å². The maximum atomic E-state index is 9.29. The van der Waals surface area contributed by atoms with Crippen molar-refractivity contribution in [3.63, 3.8) is 0 Å². The molecule has 0 saturated carbocycles. The van der Waals surface area contributed by atoms with Crippen LogP contribution < -0.4 is 9.47 Å². The minimum Gasteiger partial charge on any atom is -0.494 e. The molecule has 1 heterocycles. The van der Waals surface area contributed by atoms with Crippen LogP contribution in [0.2, 0.25) is 5.02 Å². The summed E-state index contributed by atoms with van der Waals surface area (Å²) in [5.74, 6) is 1.71. The molecule has 2 unspecified atom stereocenters. The molecule has 2 atom stereocenters. The molecule has 146 valence electrons. The second-order valence-electron chi connectivity index (χ2n) is 6.87. The van der Waals surface area contributed by atoms with E-state index < -0.39 is 0 Å². The quantitative estimate of drug-likeness (QED) is 0.708. The van der Waals surface area contributed by atoms with E-state index in [2.05, 4.69) is 18.2 Å². The summed E-state index contributed by atoms with van der Waals surface area (Å²) in [6.45, 7) is 7.09. The number of hydrogen-bond acceptors (Lipinski definition) is 4. The van der Waals surface area contributed by atoms with Gasteiger partial charge in [0.05, 0.1) is 37.1 Å². The molecule has 2 aromatic carbocycles. The standard InChI is InChI=1S/C22H27ClO4/c1-4-25-18-7-5-16(6-8-18)11-17-12-20(15(3)27-14(2)13-24)22-19(21(17)23)9-10-26-22/h5-8,12,14-15,24H,4,9-11,13H2,1-3H3. The average molecular weight is 391 g/mol. The van der Waals surface area contributed by atoms with Crippen LogP contribution in [0.15, 0.2) is 30.3 Å². The van der Waals surface area contributed by atoms with Gasteiger partial charge in [0, 0.05) is 17.5 Å². The van der Waals surface area contributed by atoms with Gasteiger partial charge in [0.25, 0.3) is 0 Å². The van der Waals surface area contributed by atoms with E-state index in [4.69, 9.17) is 25.8 Å². The van der Waals surface area contributed by atoms with Gasteiger partial charge in [0.15, 0.2) is 0 Å². The van der Waals surface area contributed by atoms with Gasteiger partial charge in [-0.05, 0) is 56.5 Å². The van der Waals surface area contributed by atoms with Gasteiger partial charge in [-0.3, -0.25) is 0 Å². The van der Waals surface area contributed by atoms with Gasteiger partial charge in [-0.25, -0.2) is 0 Å². The topological polar surface area (TPSA) is 47.9 Å². The lowest BCUT2D eigenvalue weighted by molar-refractivity contribution is -0.0228. The maximum absolute atomic E-state index is 9.29. The lowest BCUT2D eigenvalue weighted by atomic mass is 9.96. The smallest absolute Gasteiger partial charge is 0.129 e. The molecule has 4 nitrogen and oxygen atoms in total. The molecule has 1 aliphatic heterocycles. The summed E-state index contributed by atoms with van der Waals surface area (Å²) >= 11 is 6.71. The summed E-state index contributed by atoms with van der Waals surface area (Å²) in [5.41, 5.74) is 4.28. The average Bonchev–Trinajstić information content (AvgIpc) is 3.15. The van der Waals surface area contributed by atoms with E-state index in [0.29, 0.717) is 13.2 Å². The Kier molecular flexibility index (Phi) is 6.64. The molecular weight excluding hydrogens is 364 g/mol. The van der Waals surface area contributed by atoms with Gasteiger partial charge in [-0.15, -0.1) is 0 Å². The first-order valence-corrected chi connectivity index (χ1v) is 9.86. The van der Waals surface area contributed by atoms with Crippen LogP contribution >= 0.6 is 11.6 Å². The first kappa shape index (κ1) is 20.0. The predicted octanol–water partition coefficient (Wildman–Crippen LogP) is 4.72. The van der Waals surface area contributed by atoms with Crippen LogP contribution in [0.1, 0.15) is 49.1 Å². The van der Waals surface area contributed by atoms with Crippen LogP contribution in [-0.2, 0) is 17.6 Å². The molecule has 0 saturated heterocycles. The van der Waals surface area contributed by atoms with Crippen LogP contribution in [0, 0.1) is 0 Å². The van der Waals surface area contributed by atoms with Gasteiger partial charge >= 0.3 is 0 Å². The Morgan fingerprint density at radius 3 is 2.63 bits per heavy atom. The molecule has 0 fully saturated rings. The van der Waals surface area contributed by atoms with Gasteiger partial charge < -0.3 is 19.3 Å². The van der Waals surface area contributed by atoms with Crippen molar-refractivity contribution in [2.75, 3.05) is 19.8 Å². The summed E-state index contributed by atoms with van der Waals surface area (Å²) in [6, 6.07) is 10.2. The summed E-state index contributed by atoms with van der Waals surface area (Å²) < 4.78 is 17.3. The fourth-order valence-corrected chi connectivity index (χ4v) is 3.72. The van der Waals surface area contributed by atoms with Crippen molar-refractivity contribution in [3.8, 4) is 11.5 Å². The van der Waals surface area contributed by atoms with Gasteiger partial charge in [-0.2, -0.15) is 0 Å². The summed E-state index contributed by atoms with van der Waals surface area (Å²) in [7, 11) is 0. The van der Waals surface area contributed by atoms with Gasteiger partial charge in [-0.1, -0.05) is 23.7 Å². The predicted molar refractivity (Wildman–Crippen MR) is 107 cm³/mol. The highest BCUT2D eigenvalue weighted by molar-refractivity contribution is 6.32. The second kappa shape index (κ2) is 8.96. The number of aliphatic hydroxyl groups excluding tert-OH is 1. The molecule has 0 spiro atoms. The van der Waals surface area contributed by atoms with E-state index in [0.717, 1.165) is 46.1 Å². The number of rotatable bonds is 8. The third kappa shape index (κ3) is 4.57. The molecular formula is C22H27ClO4. The molecule has 0 aromatic heterocycles. The molecule has 0 radical (unpaired) electrons. The van der Waals surface area contributed by atoms with E-state index in [-0.39, 0.29) is 18.8 Å². The Hall–Kier alpha value is -1.75. The van der Waals surface area contributed by atoms with Crippen molar-refractivity contribution in [2.24, 2.45) is 0 Å². The number of aliphatic hydroxyl groups is 1. The van der Waals surface area contributed by atoms with Crippen molar-refractivity contribution >= 4 is 11.6 Å². The normalized spacial score (nSPS) is 15.1. The Bertz CT molecular complexity index is 773. The molecule has 1 N–H and O–H groups in total. The third-order valence-electron chi connectivity index (χ3n) is 4.77. The zero-order chi connectivity index (χ0) is 19.4. The monoisotopic (exact) mass is 390 g/mol. The van der Waals surface area contributed by atoms with Crippen molar-refractivity contribution in [3.05, 3.63) is 57.6 Å². The van der Waals surface area contributed by atoms with E-state index >= 15 is 0 Å². The Balaban J connectivity index is 1.90. The minimum absolute atomic E-state index is 0.0139. The Morgan fingerprint density at radius 1 is 1.22 bits per heavy atom. The molecule has 0 aliphatic carbocycles. The highest BCUT2D eigenvalue weighted by Crippen LogP contribution is 2.42. The van der Waals surface area contributed by atoms with E-state index in [1.54, 1.807) is 0 Å². The fraction of sp³-hybridized carbons (Fsp3) is 0.455. The molecule has 5 heteroatoms. The highest BCUT2D eigenvalue weighted by atomic mass is 35.5. The fourth-order valence-electron chi connectivity index (χ4n) is 3.42. The molecule has 1 aliphatic rings. The summed E-state index contributed by atoms with van der Waals surface area (Å²) in [6.07, 6.45) is 1.12.